The number of hydrogen-bond donors (Lipinski definition) is 10. The fraction of sp³-hybridized carbons (Fsp3) is 0.295. The van der Waals surface area contributed by atoms with E-state index in [2.05, 4.69) is 31.5 Å². The summed E-state index contributed by atoms with van der Waals surface area (Å²) in [5, 5.41) is 90.8. The van der Waals surface area contributed by atoms with Gasteiger partial charge in [-0.3, -0.25) is 14.4 Å². The van der Waals surface area contributed by atoms with Crippen LogP contribution in [0.4, 0.5) is 35.9 Å². The van der Waals surface area contributed by atoms with Crippen LogP contribution in [0.2, 0.25) is 30.1 Å². The first kappa shape index (κ1) is 102. The molecule has 0 saturated carbocycles. The van der Waals surface area contributed by atoms with Gasteiger partial charge < -0.3 is 93.1 Å². The standard InChI is InChI=1S/2C19H17ClFNO2.C14H16ClNO.C13H14ClNO2.C8H5ClO3.C6H6BFO3.C6H5ClO2.C5H11N.C3H3ClO.C2H2Cl2O/c2*20-14-9-13-16(22-7-2-1-3-8-22)11-24-18(13)10-12(14)19-15(21)5-4-6-17(19)23;1-10-7-14-11(8-12(10)15)13(9-17-14)16-5-3-2-4-6-16;14-10-6-9-11(15-4-2-1-3-5-15)8-17-13(9)7-12(10)16;9-5-1-4-7(11)3-12-8(4)2-6(5)10;8-4-2-1-3-5(9)6(4)7(10)11;7-5-2-1-4(8)3-6(5)9;1-2-4-6-5-3-1;1-2-3(4)5;3-1-2(4)5/h2*4-6,9-11,23H,1-3,7-8H2;7-9H,2-6H2,1H3;6-8,16H,1-5H2;1-2,10H,3H2;1-3,9-11H;1-3,8-9H;6H,1-5H2;2H,1H2;1H2. The van der Waals surface area contributed by atoms with E-state index in [4.69, 9.17) is 157 Å². The first-order valence-electron chi connectivity index (χ1n) is 41.8. The number of aromatic hydroxyl groups is 7. The quantitative estimate of drug-likeness (QED) is 0.0278. The molecule has 690 valence electrons. The van der Waals surface area contributed by atoms with E-state index in [1.54, 1.807) is 55.2 Å². The lowest BCUT2D eigenvalue weighted by molar-refractivity contribution is -0.109. The van der Waals surface area contributed by atoms with Crippen molar-refractivity contribution in [3.8, 4) is 68.2 Å². The molecule has 6 aliphatic rings. The normalized spacial score (nSPS) is 14.4. The highest BCUT2D eigenvalue weighted by Gasteiger charge is 2.27. The number of Topliss-reactive ketones (excluding diaryl/α,β-unsaturated/α-hetero) is 1. The summed E-state index contributed by atoms with van der Waals surface area (Å²) >= 11 is 50.2. The van der Waals surface area contributed by atoms with Crippen LogP contribution >= 0.6 is 104 Å². The van der Waals surface area contributed by atoms with E-state index < -0.39 is 46.3 Å². The van der Waals surface area contributed by atoms with Crippen LogP contribution in [0.25, 0.3) is 66.1 Å². The topological polar surface area (TPSA) is 320 Å². The average Bonchev–Trinajstić information content (AvgIpc) is 1.45. The zero-order valence-electron chi connectivity index (χ0n) is 70.6. The molecule has 9 aromatic carbocycles. The number of nitrogens with one attached hydrogen (secondary N) is 1. The molecule has 22 nitrogen and oxygen atoms in total. The summed E-state index contributed by atoms with van der Waals surface area (Å²) in [5.74, 6) is -2.48. The number of ether oxygens (including phenoxy) is 1. The van der Waals surface area contributed by atoms with Gasteiger partial charge in [-0.05, 0) is 242 Å². The first-order valence-corrected chi connectivity index (χ1v) is 45.3. The SMILES string of the molecule is C1CCNCC1.C=CC(=O)Cl.Cc1cc2occ(N3CCCCC3)c2cc1Cl.O=C(Cl)CCl.O=C1COc2cc(O)c(Cl)cc21.OB(O)c1c(O)cccc1F.Oc1cc2occ(N3CCCCC3)c2cc1Cl.Oc1ccc(Cl)c(O)c1.Oc1cccc(F)c1-c1cc2occ(N3CCCCC3)c2cc1Cl.Oc1cccc(F)c1-c1cc2occ(N3CCCCC3)c2cc1Cl. The maximum Gasteiger partial charge on any atom is 0.495 e. The number of ketones is 1. The number of nitrogens with zero attached hydrogens (tertiary/aromatic N) is 4. The number of allylic oxidation sites excluding steroid dienone is 1. The molecular weight excluding hydrogens is 1870 g/mol. The molecular formula is C95H96BCl9F3N5O17. The Morgan fingerprint density at radius 3 is 1.13 bits per heavy atom. The van der Waals surface area contributed by atoms with Crippen LogP contribution in [0.15, 0.2) is 189 Å². The number of halogens is 12. The molecule has 0 bridgehead atoms. The number of hydrogen-bond acceptors (Lipinski definition) is 22. The number of phenols is 7. The molecule has 0 unspecified atom stereocenters. The van der Waals surface area contributed by atoms with E-state index in [0.717, 1.165) is 119 Å². The van der Waals surface area contributed by atoms with Gasteiger partial charge >= 0.3 is 7.12 Å². The molecule has 13 aromatic rings. The van der Waals surface area contributed by atoms with E-state index in [1.807, 2.05) is 25.3 Å². The summed E-state index contributed by atoms with van der Waals surface area (Å²) < 4.78 is 68.4. The number of fused-ring (bicyclic) bond motifs is 5. The zero-order chi connectivity index (χ0) is 93.8. The fourth-order valence-corrected chi connectivity index (χ4v) is 16.0. The number of alkyl halides is 1. The van der Waals surface area contributed by atoms with Crippen LogP contribution in [-0.2, 0) is 9.59 Å². The van der Waals surface area contributed by atoms with Gasteiger partial charge in [0.1, 0.15) is 111 Å². The van der Waals surface area contributed by atoms with E-state index in [1.165, 1.54) is 194 Å². The van der Waals surface area contributed by atoms with Crippen molar-refractivity contribution >= 4 is 200 Å². The van der Waals surface area contributed by atoms with Gasteiger partial charge in [0.15, 0.2) is 6.61 Å². The van der Waals surface area contributed by atoms with Gasteiger partial charge in [-0.15, -0.1) is 11.6 Å². The summed E-state index contributed by atoms with van der Waals surface area (Å²) in [6.45, 7) is 16.0. The van der Waals surface area contributed by atoms with Crippen molar-refractivity contribution in [1.29, 1.82) is 0 Å². The monoisotopic (exact) mass is 1960 g/mol. The number of piperidine rings is 5. The van der Waals surface area contributed by atoms with Crippen LogP contribution < -0.4 is 35.1 Å². The minimum Gasteiger partial charge on any atom is -0.508 e. The number of carbonyl (C=O) groups is 3. The van der Waals surface area contributed by atoms with Crippen molar-refractivity contribution in [3.05, 3.63) is 230 Å². The van der Waals surface area contributed by atoms with Gasteiger partial charge in [0.05, 0.1) is 65.9 Å². The second-order valence-corrected chi connectivity index (χ2v) is 34.0. The lowest BCUT2D eigenvalue weighted by atomic mass is 9.79. The molecule has 10 N–H and O–H groups in total. The van der Waals surface area contributed by atoms with Gasteiger partial charge in [-0.1, -0.05) is 101 Å². The van der Waals surface area contributed by atoms with Crippen LogP contribution in [0.3, 0.4) is 0 Å². The predicted molar refractivity (Wildman–Crippen MR) is 515 cm³/mol. The summed E-state index contributed by atoms with van der Waals surface area (Å²) in [6, 6.07) is 33.1. The molecule has 0 atom stereocenters. The van der Waals surface area contributed by atoms with Gasteiger partial charge in [0, 0.05) is 118 Å². The van der Waals surface area contributed by atoms with Gasteiger partial charge in [0.25, 0.3) is 0 Å². The maximum atomic E-state index is 14.2. The highest BCUT2D eigenvalue weighted by molar-refractivity contribution is 6.68. The zero-order valence-corrected chi connectivity index (χ0v) is 77.4. The third-order valence-electron chi connectivity index (χ3n) is 21.4. The van der Waals surface area contributed by atoms with Gasteiger partial charge in [-0.2, -0.15) is 0 Å². The van der Waals surface area contributed by atoms with Crippen molar-refractivity contribution < 1.29 is 95.8 Å². The Hall–Kier alpha value is -10.2. The third-order valence-corrected chi connectivity index (χ3v) is 24.1. The molecule has 10 heterocycles. The molecule has 0 spiro atoms. The van der Waals surface area contributed by atoms with Crippen LogP contribution in [0, 0.1) is 24.4 Å². The summed E-state index contributed by atoms with van der Waals surface area (Å²) in [7, 11) is -1.98. The Balaban J connectivity index is 0.000000156. The van der Waals surface area contributed by atoms with Crippen molar-refractivity contribution in [2.45, 2.75) is 103 Å². The molecule has 0 aliphatic carbocycles. The minimum absolute atomic E-state index is 0.0110. The lowest BCUT2D eigenvalue weighted by Gasteiger charge is -2.27. The number of furan rings is 4. The highest BCUT2D eigenvalue weighted by Crippen LogP contribution is 2.46. The number of benzene rings is 9. The third kappa shape index (κ3) is 28.0. The van der Waals surface area contributed by atoms with E-state index in [0.29, 0.717) is 54.3 Å². The molecule has 5 saturated heterocycles. The van der Waals surface area contributed by atoms with Crippen LogP contribution in [0.5, 0.6) is 46.0 Å². The number of phenolic OH excluding ortho intramolecular Hbond substituents is 7. The van der Waals surface area contributed by atoms with Crippen LogP contribution in [-0.4, -0.2) is 147 Å². The van der Waals surface area contributed by atoms with E-state index >= 15 is 0 Å². The minimum atomic E-state index is -1.98. The average molecular weight is 1970 g/mol. The molecule has 5 fully saturated rings. The molecule has 19 rings (SSSR count). The smallest absolute Gasteiger partial charge is 0.495 e. The number of aryl methyl sites for hydroxylation is 1. The Bertz CT molecular complexity index is 5690. The van der Waals surface area contributed by atoms with Crippen molar-refractivity contribution in [1.82, 2.24) is 5.32 Å². The molecule has 4 aromatic heterocycles. The molecule has 35 heteroatoms. The van der Waals surface area contributed by atoms with Gasteiger partial charge in [-0.25, -0.2) is 13.2 Å². The Labute approximate surface area is 794 Å². The second kappa shape index (κ2) is 49.9. The Morgan fingerprint density at radius 2 is 0.785 bits per heavy atom. The van der Waals surface area contributed by atoms with Gasteiger partial charge in [0.2, 0.25) is 16.3 Å². The summed E-state index contributed by atoms with van der Waals surface area (Å²) in [6.07, 6.45) is 27.1. The first-order chi connectivity index (χ1) is 62.3. The molecule has 0 amide bonds. The number of carbonyl (C=O) groups excluding carboxylic acids is 3. The predicted octanol–water partition coefficient (Wildman–Crippen LogP) is 24.6. The highest BCUT2D eigenvalue weighted by atomic mass is 35.5. The number of anilines is 4. The van der Waals surface area contributed by atoms with Crippen molar-refractivity contribution in [2.75, 3.05) is 97.5 Å². The fourth-order valence-electron chi connectivity index (χ4n) is 14.9. The lowest BCUT2D eigenvalue weighted by Crippen LogP contribution is -2.32. The van der Waals surface area contributed by atoms with Crippen molar-refractivity contribution in [2.24, 2.45) is 0 Å². The molecule has 6 aliphatic heterocycles. The van der Waals surface area contributed by atoms with Crippen LogP contribution in [0.1, 0.15) is 112 Å². The maximum absolute atomic E-state index is 14.2. The Kier molecular flexibility index (Phi) is 39.1. The largest absolute Gasteiger partial charge is 0.508 e. The molecule has 0 radical (unpaired) electrons. The van der Waals surface area contributed by atoms with E-state index in [-0.39, 0.29) is 73.9 Å². The Morgan fingerprint density at radius 1 is 0.431 bits per heavy atom. The molecule has 130 heavy (non-hydrogen) atoms. The number of rotatable bonds is 9. The van der Waals surface area contributed by atoms with Crippen molar-refractivity contribution in [3.63, 3.8) is 0 Å². The second-order valence-electron chi connectivity index (χ2n) is 30.5. The summed E-state index contributed by atoms with van der Waals surface area (Å²) in [5.41, 5.74) is 9.30. The van der Waals surface area contributed by atoms with E-state index in [9.17, 15) is 42.9 Å². The summed E-state index contributed by atoms with van der Waals surface area (Å²) in [4.78, 5) is 39.3.